The number of anilines is 1. The van der Waals surface area contributed by atoms with Gasteiger partial charge in [0.25, 0.3) is 5.69 Å². The van der Waals surface area contributed by atoms with Crippen LogP contribution in [0.15, 0.2) is 18.2 Å². The second kappa shape index (κ2) is 5.79. The minimum absolute atomic E-state index is 0.0741. The fourth-order valence-corrected chi connectivity index (χ4v) is 1.43. The summed E-state index contributed by atoms with van der Waals surface area (Å²) in [5, 5.41) is 13.6. The van der Waals surface area contributed by atoms with Crippen molar-refractivity contribution in [2.24, 2.45) is 11.7 Å². The third-order valence-electron chi connectivity index (χ3n) is 2.62. The van der Waals surface area contributed by atoms with E-state index in [1.165, 1.54) is 18.2 Å². The van der Waals surface area contributed by atoms with Crippen molar-refractivity contribution in [2.75, 3.05) is 5.32 Å². The van der Waals surface area contributed by atoms with Crippen molar-refractivity contribution in [3.63, 3.8) is 0 Å². The van der Waals surface area contributed by atoms with Crippen LogP contribution in [-0.2, 0) is 4.79 Å². The van der Waals surface area contributed by atoms with Gasteiger partial charge < -0.3 is 11.1 Å². The van der Waals surface area contributed by atoms with Crippen LogP contribution in [0.3, 0.4) is 0 Å². The molecule has 3 N–H and O–H groups in total. The van der Waals surface area contributed by atoms with Gasteiger partial charge in [-0.15, -0.1) is 0 Å². The van der Waals surface area contributed by atoms with Gasteiger partial charge in [0.15, 0.2) is 0 Å². The van der Waals surface area contributed by atoms with E-state index in [2.05, 4.69) is 5.32 Å². The zero-order valence-electron chi connectivity index (χ0n) is 10.0. The summed E-state index contributed by atoms with van der Waals surface area (Å²) in [6, 6.07) is 3.63. The van der Waals surface area contributed by atoms with Gasteiger partial charge in [-0.2, -0.15) is 0 Å². The highest BCUT2D eigenvalue weighted by molar-refractivity contribution is 6.31. The average Bonchev–Trinajstić information content (AvgIpc) is 2.27. The molecule has 0 aliphatic carbocycles. The van der Waals surface area contributed by atoms with E-state index in [0.717, 1.165) is 0 Å². The third-order valence-corrected chi connectivity index (χ3v) is 2.85. The summed E-state index contributed by atoms with van der Waals surface area (Å²) >= 11 is 5.75. The molecule has 0 saturated heterocycles. The molecule has 1 rings (SSSR count). The molecule has 6 nitrogen and oxygen atoms in total. The first-order chi connectivity index (χ1) is 8.32. The van der Waals surface area contributed by atoms with Crippen molar-refractivity contribution in [3.05, 3.63) is 33.3 Å². The molecule has 2 atom stereocenters. The van der Waals surface area contributed by atoms with Crippen LogP contribution in [0.5, 0.6) is 0 Å². The number of carbonyl (C=O) groups excluding carboxylic acids is 1. The number of nitro groups is 1. The fraction of sp³-hybridized carbons (Fsp3) is 0.364. The molecule has 1 aromatic rings. The maximum Gasteiger partial charge on any atom is 0.292 e. The molecular weight excluding hydrogens is 258 g/mol. The van der Waals surface area contributed by atoms with Crippen molar-refractivity contribution in [1.82, 2.24) is 0 Å². The molecule has 0 fully saturated rings. The molecule has 0 aliphatic heterocycles. The minimum atomic E-state index is -0.581. The quantitative estimate of drug-likeness (QED) is 0.647. The summed E-state index contributed by atoms with van der Waals surface area (Å²) in [7, 11) is 0. The lowest BCUT2D eigenvalue weighted by Gasteiger charge is -2.15. The van der Waals surface area contributed by atoms with E-state index in [0.29, 0.717) is 5.02 Å². The van der Waals surface area contributed by atoms with E-state index in [1.807, 2.05) is 0 Å². The van der Waals surface area contributed by atoms with Crippen LogP contribution in [0.4, 0.5) is 11.4 Å². The van der Waals surface area contributed by atoms with Gasteiger partial charge in [0, 0.05) is 17.1 Å². The van der Waals surface area contributed by atoms with Gasteiger partial charge in [-0.1, -0.05) is 18.5 Å². The Morgan fingerprint density at radius 1 is 1.50 bits per heavy atom. The number of amides is 1. The van der Waals surface area contributed by atoms with Gasteiger partial charge >= 0.3 is 0 Å². The van der Waals surface area contributed by atoms with Crippen LogP contribution in [0.25, 0.3) is 0 Å². The molecule has 1 aromatic carbocycles. The molecule has 7 heteroatoms. The van der Waals surface area contributed by atoms with Gasteiger partial charge in [0.1, 0.15) is 5.69 Å². The van der Waals surface area contributed by atoms with Crippen LogP contribution < -0.4 is 11.1 Å². The van der Waals surface area contributed by atoms with Crippen LogP contribution >= 0.6 is 11.6 Å². The Morgan fingerprint density at radius 3 is 2.61 bits per heavy atom. The van der Waals surface area contributed by atoms with Gasteiger partial charge in [0.2, 0.25) is 5.91 Å². The first-order valence-corrected chi connectivity index (χ1v) is 5.71. The summed E-state index contributed by atoms with van der Waals surface area (Å²) in [6.07, 6.45) is 0. The number of nitrogens with zero attached hydrogens (tertiary/aromatic N) is 1. The number of nitrogens with two attached hydrogens (primary N) is 1. The van der Waals surface area contributed by atoms with Crippen LogP contribution in [-0.4, -0.2) is 16.9 Å². The molecule has 0 aromatic heterocycles. The first kappa shape index (κ1) is 14.4. The molecule has 98 valence electrons. The summed E-state index contributed by atoms with van der Waals surface area (Å²) in [4.78, 5) is 22.0. The number of carbonyl (C=O) groups is 1. The first-order valence-electron chi connectivity index (χ1n) is 5.33. The Balaban J connectivity index is 2.99. The van der Waals surface area contributed by atoms with E-state index in [4.69, 9.17) is 17.3 Å². The highest BCUT2D eigenvalue weighted by Gasteiger charge is 2.21. The SMILES string of the molecule is CC(N)C(C)C(=O)Nc1cc(Cl)ccc1[N+](=O)[O-]. The van der Waals surface area contributed by atoms with E-state index in [9.17, 15) is 14.9 Å². The predicted molar refractivity (Wildman–Crippen MR) is 69.5 cm³/mol. The summed E-state index contributed by atoms with van der Waals surface area (Å²) in [5.74, 6) is -0.834. The highest BCUT2D eigenvalue weighted by atomic mass is 35.5. The van der Waals surface area contributed by atoms with E-state index in [-0.39, 0.29) is 23.3 Å². The maximum absolute atomic E-state index is 11.8. The lowest BCUT2D eigenvalue weighted by molar-refractivity contribution is -0.383. The Hall–Kier alpha value is -1.66. The summed E-state index contributed by atoms with van der Waals surface area (Å²) < 4.78 is 0. The van der Waals surface area contributed by atoms with Gasteiger partial charge in [-0.05, 0) is 19.1 Å². The number of nitrogens with one attached hydrogen (secondary N) is 1. The number of hydrogen-bond donors (Lipinski definition) is 2. The van der Waals surface area contributed by atoms with Crippen molar-refractivity contribution in [1.29, 1.82) is 0 Å². The highest BCUT2D eigenvalue weighted by Crippen LogP contribution is 2.28. The second-order valence-electron chi connectivity index (χ2n) is 4.06. The monoisotopic (exact) mass is 271 g/mol. The number of halogens is 1. The second-order valence-corrected chi connectivity index (χ2v) is 4.49. The molecule has 1 amide bonds. The normalized spacial score (nSPS) is 13.8. The number of rotatable bonds is 4. The lowest BCUT2D eigenvalue weighted by atomic mass is 10.0. The molecule has 0 saturated carbocycles. The van der Waals surface area contributed by atoms with Crippen LogP contribution in [0.1, 0.15) is 13.8 Å². The number of nitro benzene ring substituents is 1. The van der Waals surface area contributed by atoms with E-state index < -0.39 is 10.8 Å². The van der Waals surface area contributed by atoms with Crippen LogP contribution in [0.2, 0.25) is 5.02 Å². The Labute approximate surface area is 109 Å². The van der Waals surface area contributed by atoms with E-state index >= 15 is 0 Å². The summed E-state index contributed by atoms with van der Waals surface area (Å²) in [5.41, 5.74) is 5.47. The minimum Gasteiger partial charge on any atom is -0.327 e. The molecule has 0 spiro atoms. The van der Waals surface area contributed by atoms with Gasteiger partial charge in [-0.25, -0.2) is 0 Å². The summed E-state index contributed by atoms with van der Waals surface area (Å²) in [6.45, 7) is 3.34. The Bertz CT molecular complexity index is 477. The van der Waals surface area contributed by atoms with E-state index in [1.54, 1.807) is 13.8 Å². The van der Waals surface area contributed by atoms with Gasteiger partial charge in [0.05, 0.1) is 10.8 Å². The Kier molecular flexibility index (Phi) is 4.63. The fourth-order valence-electron chi connectivity index (χ4n) is 1.25. The lowest BCUT2D eigenvalue weighted by Crippen LogP contribution is -2.34. The zero-order chi connectivity index (χ0) is 13.9. The van der Waals surface area contributed by atoms with Crippen LogP contribution in [0, 0.1) is 16.0 Å². The largest absolute Gasteiger partial charge is 0.327 e. The number of hydrogen-bond acceptors (Lipinski definition) is 4. The predicted octanol–water partition coefficient (Wildman–Crippen LogP) is 2.17. The third kappa shape index (κ3) is 3.41. The van der Waals surface area contributed by atoms with Crippen molar-refractivity contribution < 1.29 is 9.72 Å². The Morgan fingerprint density at radius 2 is 2.11 bits per heavy atom. The molecular formula is C11H14ClN3O3. The topological polar surface area (TPSA) is 98.3 Å². The van der Waals surface area contributed by atoms with Crippen molar-refractivity contribution in [2.45, 2.75) is 19.9 Å². The van der Waals surface area contributed by atoms with Crippen molar-refractivity contribution >= 4 is 28.9 Å². The molecule has 0 radical (unpaired) electrons. The smallest absolute Gasteiger partial charge is 0.292 e. The van der Waals surface area contributed by atoms with Gasteiger partial charge in [-0.3, -0.25) is 14.9 Å². The number of benzene rings is 1. The average molecular weight is 272 g/mol. The van der Waals surface area contributed by atoms with Crippen molar-refractivity contribution in [3.8, 4) is 0 Å². The molecule has 0 aliphatic rings. The zero-order valence-corrected chi connectivity index (χ0v) is 10.8. The molecule has 0 heterocycles. The maximum atomic E-state index is 11.8. The molecule has 2 unspecified atom stereocenters. The molecule has 0 bridgehead atoms. The molecule has 18 heavy (non-hydrogen) atoms. The standard InChI is InChI=1S/C11H14ClN3O3/c1-6(7(2)13)11(16)14-9-5-8(12)3-4-10(9)15(17)18/h3-7H,13H2,1-2H3,(H,14,16).